The Balaban J connectivity index is 1.31. The number of nitrogens with zero attached hydrogens (tertiary/aromatic N) is 2. The summed E-state index contributed by atoms with van der Waals surface area (Å²) in [4.78, 5) is 19.4. The van der Waals surface area contributed by atoms with Gasteiger partial charge in [0.25, 0.3) is 11.9 Å². The third-order valence-corrected chi connectivity index (χ3v) is 5.63. The quantitative estimate of drug-likeness (QED) is 0.729. The Morgan fingerprint density at radius 3 is 2.90 bits per heavy atom. The first-order valence-corrected chi connectivity index (χ1v) is 9.95. The van der Waals surface area contributed by atoms with E-state index in [1.54, 1.807) is 13.2 Å². The van der Waals surface area contributed by atoms with Crippen molar-refractivity contribution in [2.45, 2.75) is 25.4 Å². The van der Waals surface area contributed by atoms with Gasteiger partial charge in [0, 0.05) is 37.9 Å². The maximum atomic E-state index is 12.6. The summed E-state index contributed by atoms with van der Waals surface area (Å²) in [6.07, 6.45) is 3.07. The molecule has 0 bridgehead atoms. The van der Waals surface area contributed by atoms with Crippen molar-refractivity contribution in [1.29, 1.82) is 0 Å². The van der Waals surface area contributed by atoms with Gasteiger partial charge in [-0.2, -0.15) is 4.98 Å². The number of fused-ring (bicyclic) bond motifs is 2. The van der Waals surface area contributed by atoms with E-state index in [4.69, 9.17) is 13.9 Å². The topological polar surface area (TPSA) is 76.8 Å². The molecule has 150 valence electrons. The van der Waals surface area contributed by atoms with Crippen LogP contribution < -0.4 is 15.0 Å². The molecule has 1 fully saturated rings. The number of aromatic nitrogens is 1. The van der Waals surface area contributed by atoms with Crippen LogP contribution >= 0.6 is 0 Å². The summed E-state index contributed by atoms with van der Waals surface area (Å²) in [5.41, 5.74) is 3.83. The van der Waals surface area contributed by atoms with E-state index in [2.05, 4.69) is 15.2 Å². The molecule has 29 heavy (non-hydrogen) atoms. The zero-order chi connectivity index (χ0) is 19.8. The molecule has 2 aliphatic rings. The lowest BCUT2D eigenvalue weighted by Gasteiger charge is -2.29. The number of anilines is 2. The van der Waals surface area contributed by atoms with Crippen molar-refractivity contribution in [2.75, 3.05) is 37.0 Å². The van der Waals surface area contributed by atoms with Crippen LogP contribution in [0.15, 0.2) is 40.8 Å². The number of piperidine rings is 1. The average molecular weight is 393 g/mol. The van der Waals surface area contributed by atoms with Crippen LogP contribution in [0.25, 0.3) is 11.1 Å². The molecule has 1 aromatic heterocycles. The van der Waals surface area contributed by atoms with Crippen LogP contribution in [0.4, 0.5) is 11.7 Å². The minimum absolute atomic E-state index is 0.149. The zero-order valence-corrected chi connectivity index (χ0v) is 16.3. The molecule has 0 saturated carbocycles. The maximum Gasteiger partial charge on any atom is 0.298 e. The Kier molecular flexibility index (Phi) is 4.60. The fraction of sp³-hybridized carbons (Fsp3) is 0.364. The van der Waals surface area contributed by atoms with Crippen LogP contribution in [0.1, 0.15) is 28.8 Å². The molecule has 0 atom stereocenters. The summed E-state index contributed by atoms with van der Waals surface area (Å²) < 4.78 is 16.8. The van der Waals surface area contributed by atoms with E-state index in [0.717, 1.165) is 49.2 Å². The Labute approximate surface area is 168 Å². The monoisotopic (exact) mass is 393 g/mol. The number of ether oxygens (including phenoxy) is 2. The van der Waals surface area contributed by atoms with Gasteiger partial charge >= 0.3 is 0 Å². The lowest BCUT2D eigenvalue weighted by molar-refractivity contribution is 0.0811. The Morgan fingerprint density at radius 2 is 2.07 bits per heavy atom. The number of carbonyl (C=O) groups is 1. The first-order chi connectivity index (χ1) is 14.2. The fourth-order valence-corrected chi connectivity index (χ4v) is 3.94. The molecule has 2 aromatic carbocycles. The predicted octanol–water partition coefficient (Wildman–Crippen LogP) is 3.63. The van der Waals surface area contributed by atoms with Gasteiger partial charge in [0.05, 0.1) is 12.7 Å². The van der Waals surface area contributed by atoms with Crippen molar-refractivity contribution in [3.05, 3.63) is 47.5 Å². The van der Waals surface area contributed by atoms with Gasteiger partial charge in [-0.1, -0.05) is 0 Å². The molecule has 1 saturated heterocycles. The van der Waals surface area contributed by atoms with Crippen LogP contribution in [0.5, 0.6) is 5.75 Å². The van der Waals surface area contributed by atoms with E-state index in [1.165, 1.54) is 0 Å². The highest BCUT2D eigenvalue weighted by Gasteiger charge is 2.22. The number of oxazole rings is 1. The van der Waals surface area contributed by atoms with Gasteiger partial charge in [-0.15, -0.1) is 0 Å². The zero-order valence-electron chi connectivity index (χ0n) is 16.3. The second kappa shape index (κ2) is 7.40. The van der Waals surface area contributed by atoms with E-state index in [9.17, 15) is 4.79 Å². The molecule has 1 N–H and O–H groups in total. The van der Waals surface area contributed by atoms with Gasteiger partial charge in [0.2, 0.25) is 0 Å². The van der Waals surface area contributed by atoms with E-state index < -0.39 is 0 Å². The Morgan fingerprint density at radius 1 is 1.21 bits per heavy atom. The predicted molar refractivity (Wildman–Crippen MR) is 110 cm³/mol. The molecule has 1 amide bonds. The lowest BCUT2D eigenvalue weighted by atomic mass is 10.1. The third-order valence-electron chi connectivity index (χ3n) is 5.63. The van der Waals surface area contributed by atoms with Gasteiger partial charge in [-0.3, -0.25) is 4.79 Å². The van der Waals surface area contributed by atoms with Crippen LogP contribution in [-0.2, 0) is 11.2 Å². The highest BCUT2D eigenvalue weighted by Crippen LogP contribution is 2.28. The second-order valence-electron chi connectivity index (χ2n) is 7.48. The Bertz CT molecular complexity index is 1050. The summed E-state index contributed by atoms with van der Waals surface area (Å²) in [6.45, 7) is 2.39. The minimum atomic E-state index is -0.149. The molecule has 2 aliphatic heterocycles. The van der Waals surface area contributed by atoms with Crippen molar-refractivity contribution >= 4 is 28.7 Å². The summed E-state index contributed by atoms with van der Waals surface area (Å²) >= 11 is 0. The molecule has 0 aliphatic carbocycles. The maximum absolute atomic E-state index is 12.6. The largest absolute Gasteiger partial charge is 0.493 e. The standard InChI is InChI=1S/C22H23N3O4/c1-27-17-6-9-25(10-7-17)22-24-18-13-16(3-5-20(18)29-22)23-21(26)15-2-4-19-14(12-15)8-11-28-19/h2-5,12-13,17H,6-11H2,1H3,(H,23,26). The number of nitrogens with one attached hydrogen (secondary N) is 1. The SMILES string of the molecule is COC1CCN(c2nc3cc(NC(=O)c4ccc5c(c4)CCO5)ccc3o2)CC1. The van der Waals surface area contributed by atoms with Gasteiger partial charge in [-0.25, -0.2) is 0 Å². The normalized spacial score (nSPS) is 16.7. The van der Waals surface area contributed by atoms with Crippen molar-refractivity contribution in [3.63, 3.8) is 0 Å². The molecule has 0 radical (unpaired) electrons. The van der Waals surface area contributed by atoms with Crippen molar-refractivity contribution < 1.29 is 18.7 Å². The summed E-state index contributed by atoms with van der Waals surface area (Å²) in [5.74, 6) is 0.719. The highest BCUT2D eigenvalue weighted by atomic mass is 16.5. The van der Waals surface area contributed by atoms with Crippen LogP contribution in [0.2, 0.25) is 0 Å². The lowest BCUT2D eigenvalue weighted by Crippen LogP contribution is -2.36. The molecule has 5 rings (SSSR count). The number of amides is 1. The molecule has 0 unspecified atom stereocenters. The smallest absolute Gasteiger partial charge is 0.298 e. The molecule has 7 heteroatoms. The van der Waals surface area contributed by atoms with E-state index in [1.807, 2.05) is 30.3 Å². The van der Waals surface area contributed by atoms with Crippen molar-refractivity contribution in [2.24, 2.45) is 0 Å². The van der Waals surface area contributed by atoms with Crippen LogP contribution in [0, 0.1) is 0 Å². The van der Waals surface area contributed by atoms with Crippen LogP contribution in [-0.4, -0.2) is 43.8 Å². The number of benzene rings is 2. The first-order valence-electron chi connectivity index (χ1n) is 9.95. The summed E-state index contributed by atoms with van der Waals surface area (Å²) in [6, 6.07) is 11.7. The van der Waals surface area contributed by atoms with Gasteiger partial charge in [-0.05, 0) is 54.8 Å². The molecule has 3 heterocycles. The third kappa shape index (κ3) is 3.53. The van der Waals surface area contributed by atoms with Crippen LogP contribution in [0.3, 0.4) is 0 Å². The number of methoxy groups -OCH3 is 1. The van der Waals surface area contributed by atoms with Crippen molar-refractivity contribution in [3.8, 4) is 5.75 Å². The molecular weight excluding hydrogens is 370 g/mol. The highest BCUT2D eigenvalue weighted by molar-refractivity contribution is 6.05. The van der Waals surface area contributed by atoms with Crippen molar-refractivity contribution in [1.82, 2.24) is 4.98 Å². The summed E-state index contributed by atoms with van der Waals surface area (Å²) in [5, 5.41) is 2.95. The number of hydrogen-bond acceptors (Lipinski definition) is 6. The number of carbonyl (C=O) groups excluding carboxylic acids is 1. The van der Waals surface area contributed by atoms with E-state index in [-0.39, 0.29) is 5.91 Å². The number of rotatable bonds is 4. The van der Waals surface area contributed by atoms with E-state index in [0.29, 0.717) is 35.6 Å². The van der Waals surface area contributed by atoms with Gasteiger partial charge < -0.3 is 24.1 Å². The average Bonchev–Trinajstić information content (AvgIpc) is 3.39. The molecule has 0 spiro atoms. The fourth-order valence-electron chi connectivity index (χ4n) is 3.94. The van der Waals surface area contributed by atoms with Gasteiger partial charge in [0.1, 0.15) is 11.3 Å². The molecule has 3 aromatic rings. The van der Waals surface area contributed by atoms with E-state index >= 15 is 0 Å². The minimum Gasteiger partial charge on any atom is -0.493 e. The molecule has 7 nitrogen and oxygen atoms in total. The Hall–Kier alpha value is -3.06. The molecular formula is C22H23N3O4. The number of hydrogen-bond donors (Lipinski definition) is 1. The van der Waals surface area contributed by atoms with Gasteiger partial charge in [0.15, 0.2) is 5.58 Å². The first kappa shape index (κ1) is 18.0. The second-order valence-corrected chi connectivity index (χ2v) is 7.48. The summed E-state index contributed by atoms with van der Waals surface area (Å²) in [7, 11) is 1.76.